The van der Waals surface area contributed by atoms with Crippen molar-refractivity contribution in [2.75, 3.05) is 26.2 Å². The number of hydrogen-bond donors (Lipinski definition) is 0. The van der Waals surface area contributed by atoms with Gasteiger partial charge in [0.1, 0.15) is 5.82 Å². The largest absolute Gasteiger partial charge is 0.342 e. The molecule has 8 heteroatoms. The van der Waals surface area contributed by atoms with Gasteiger partial charge in [0.25, 0.3) is 0 Å². The highest BCUT2D eigenvalue weighted by Crippen LogP contribution is 2.48. The molecule has 1 saturated carbocycles. The lowest BCUT2D eigenvalue weighted by atomic mass is 9.78. The molecule has 0 bridgehead atoms. The van der Waals surface area contributed by atoms with Gasteiger partial charge in [0.15, 0.2) is 5.82 Å². The summed E-state index contributed by atoms with van der Waals surface area (Å²) in [6.07, 6.45) is 12.8. The van der Waals surface area contributed by atoms with E-state index in [2.05, 4.69) is 34.0 Å². The number of aromatic nitrogens is 4. The predicted octanol–water partition coefficient (Wildman–Crippen LogP) is 5.91. The molecule has 2 saturated heterocycles. The van der Waals surface area contributed by atoms with Gasteiger partial charge in [-0.1, -0.05) is 52.2 Å². The lowest BCUT2D eigenvalue weighted by Crippen LogP contribution is -2.57. The minimum absolute atomic E-state index is 0.201. The van der Waals surface area contributed by atoms with Crippen molar-refractivity contribution in [1.29, 1.82) is 0 Å². The van der Waals surface area contributed by atoms with Crippen LogP contribution in [0.3, 0.4) is 0 Å². The van der Waals surface area contributed by atoms with Crippen LogP contribution in [0.25, 0.3) is 5.82 Å². The first kappa shape index (κ1) is 29.2. The Kier molecular flexibility index (Phi) is 10.6. The molecule has 37 heavy (non-hydrogen) atoms. The van der Waals surface area contributed by atoms with E-state index in [4.69, 9.17) is 0 Å². The van der Waals surface area contributed by atoms with Gasteiger partial charge in [0.2, 0.25) is 5.91 Å². The van der Waals surface area contributed by atoms with Crippen LogP contribution in [0.5, 0.6) is 0 Å². The van der Waals surface area contributed by atoms with Crippen molar-refractivity contribution in [3.8, 4) is 5.82 Å². The predicted molar refractivity (Wildman–Crippen MR) is 146 cm³/mol. The van der Waals surface area contributed by atoms with E-state index in [0.717, 1.165) is 50.3 Å². The van der Waals surface area contributed by atoms with Crippen LogP contribution in [0.4, 0.5) is 4.39 Å². The molecule has 1 amide bonds. The number of halogens is 1. The van der Waals surface area contributed by atoms with E-state index >= 15 is 0 Å². The van der Waals surface area contributed by atoms with Gasteiger partial charge in [-0.2, -0.15) is 0 Å². The molecule has 2 aromatic heterocycles. The summed E-state index contributed by atoms with van der Waals surface area (Å²) in [6.45, 7) is 15.9. The van der Waals surface area contributed by atoms with E-state index in [1.165, 1.54) is 44.7 Å². The molecule has 1 atom stereocenters. The molecule has 0 aromatic carbocycles. The Bertz CT molecular complexity index is 992. The summed E-state index contributed by atoms with van der Waals surface area (Å²) in [5.74, 6) is 0.864. The van der Waals surface area contributed by atoms with Crippen LogP contribution < -0.4 is 0 Å². The van der Waals surface area contributed by atoms with Crippen LogP contribution in [0, 0.1) is 18.2 Å². The molecule has 2 aliphatic heterocycles. The Balaban J connectivity index is 0.000000489. The van der Waals surface area contributed by atoms with Gasteiger partial charge in [-0.25, -0.2) is 14.1 Å². The summed E-state index contributed by atoms with van der Waals surface area (Å²) in [5, 5.41) is 8.20. The number of amides is 1. The highest BCUT2D eigenvalue weighted by molar-refractivity contribution is 5.74. The van der Waals surface area contributed by atoms with Gasteiger partial charge in [0, 0.05) is 37.0 Å². The van der Waals surface area contributed by atoms with Crippen LogP contribution in [0.15, 0.2) is 18.5 Å². The van der Waals surface area contributed by atoms with Crippen LogP contribution in [0.1, 0.15) is 103 Å². The molecular formula is C29H47FN6O. The molecule has 1 aliphatic carbocycles. The van der Waals surface area contributed by atoms with E-state index < -0.39 is 0 Å². The summed E-state index contributed by atoms with van der Waals surface area (Å²) < 4.78 is 15.7. The maximum absolute atomic E-state index is 14.0. The second kappa shape index (κ2) is 13.4. The average molecular weight is 515 g/mol. The molecule has 0 radical (unpaired) electrons. The Labute approximate surface area is 222 Å². The molecule has 3 aliphatic rings. The first-order valence-corrected chi connectivity index (χ1v) is 14.4. The van der Waals surface area contributed by atoms with E-state index in [1.807, 2.05) is 31.9 Å². The Morgan fingerprint density at radius 1 is 1.14 bits per heavy atom. The fourth-order valence-electron chi connectivity index (χ4n) is 6.08. The molecule has 2 aromatic rings. The van der Waals surface area contributed by atoms with Gasteiger partial charge in [0.05, 0.1) is 18.1 Å². The van der Waals surface area contributed by atoms with Crippen LogP contribution in [-0.4, -0.2) is 67.9 Å². The quantitative estimate of drug-likeness (QED) is 0.496. The molecule has 3 fully saturated rings. The second-order valence-corrected chi connectivity index (χ2v) is 10.8. The van der Waals surface area contributed by atoms with Crippen molar-refractivity contribution in [3.63, 3.8) is 0 Å². The zero-order valence-electron chi connectivity index (χ0n) is 23.8. The third-order valence-electron chi connectivity index (χ3n) is 8.05. The minimum atomic E-state index is -0.300. The normalized spacial score (nSPS) is 21.1. The fourth-order valence-corrected chi connectivity index (χ4v) is 6.08. The average Bonchev–Trinajstić information content (AvgIpc) is 3.52. The second-order valence-electron chi connectivity index (χ2n) is 10.8. The summed E-state index contributed by atoms with van der Waals surface area (Å²) in [5.41, 5.74) is 2.10. The summed E-state index contributed by atoms with van der Waals surface area (Å²) in [6, 6.07) is 2.23. The Morgan fingerprint density at radius 3 is 2.35 bits per heavy atom. The SMILES string of the molecule is CC.CC(=O)N1CC2(CCC(N3CCC(c4cc(F)cnc4-n4cc(C)nn4)CC3)C2)C1.CCCCC. The topological polar surface area (TPSA) is 67.2 Å². The van der Waals surface area contributed by atoms with Gasteiger partial charge in [-0.3, -0.25) is 4.79 Å². The third kappa shape index (κ3) is 7.15. The molecular weight excluding hydrogens is 467 g/mol. The fraction of sp³-hybridized carbons (Fsp3) is 0.724. The van der Waals surface area contributed by atoms with Crippen LogP contribution >= 0.6 is 0 Å². The highest BCUT2D eigenvalue weighted by atomic mass is 19.1. The van der Waals surface area contributed by atoms with E-state index in [-0.39, 0.29) is 17.6 Å². The molecule has 7 nitrogen and oxygen atoms in total. The minimum Gasteiger partial charge on any atom is -0.342 e. The zero-order valence-corrected chi connectivity index (χ0v) is 23.8. The van der Waals surface area contributed by atoms with Crippen molar-refractivity contribution in [2.24, 2.45) is 5.41 Å². The number of carbonyl (C=O) groups is 1. The number of hydrogen-bond acceptors (Lipinski definition) is 5. The maximum Gasteiger partial charge on any atom is 0.219 e. The Morgan fingerprint density at radius 2 is 1.81 bits per heavy atom. The molecule has 0 N–H and O–H groups in total. The molecule has 4 heterocycles. The first-order chi connectivity index (χ1) is 17.8. The monoisotopic (exact) mass is 514 g/mol. The van der Waals surface area contributed by atoms with Crippen LogP contribution in [0.2, 0.25) is 0 Å². The van der Waals surface area contributed by atoms with Crippen molar-refractivity contribution in [1.82, 2.24) is 29.8 Å². The lowest BCUT2D eigenvalue weighted by molar-refractivity contribution is -0.140. The molecule has 1 spiro atoms. The van der Waals surface area contributed by atoms with Crippen molar-refractivity contribution in [3.05, 3.63) is 35.5 Å². The van der Waals surface area contributed by atoms with Crippen molar-refractivity contribution >= 4 is 5.91 Å². The van der Waals surface area contributed by atoms with Gasteiger partial charge >= 0.3 is 0 Å². The summed E-state index contributed by atoms with van der Waals surface area (Å²) in [7, 11) is 0. The third-order valence-corrected chi connectivity index (χ3v) is 8.05. The number of piperidine rings is 1. The smallest absolute Gasteiger partial charge is 0.219 e. The van der Waals surface area contributed by atoms with Gasteiger partial charge in [-0.05, 0) is 64.1 Å². The number of unbranched alkanes of at least 4 members (excludes halogenated alkanes) is 2. The van der Waals surface area contributed by atoms with Gasteiger partial charge in [-0.15, -0.1) is 5.10 Å². The van der Waals surface area contributed by atoms with Crippen molar-refractivity contribution < 1.29 is 9.18 Å². The Hall–Kier alpha value is -2.35. The van der Waals surface area contributed by atoms with Crippen molar-refractivity contribution in [2.45, 2.75) is 105 Å². The number of pyridine rings is 1. The molecule has 1 unspecified atom stereocenters. The number of aryl methyl sites for hydroxylation is 1. The maximum atomic E-state index is 14.0. The highest BCUT2D eigenvalue weighted by Gasteiger charge is 2.50. The zero-order chi connectivity index (χ0) is 27.0. The van der Waals surface area contributed by atoms with E-state index in [0.29, 0.717) is 17.3 Å². The number of nitrogens with zero attached hydrogens (tertiary/aromatic N) is 6. The lowest BCUT2D eigenvalue weighted by Gasteiger charge is -2.48. The summed E-state index contributed by atoms with van der Waals surface area (Å²) >= 11 is 0. The number of likely N-dealkylation sites (tertiary alicyclic amines) is 2. The number of carbonyl (C=O) groups excluding carboxylic acids is 1. The summed E-state index contributed by atoms with van der Waals surface area (Å²) in [4.78, 5) is 20.5. The number of rotatable bonds is 5. The first-order valence-electron chi connectivity index (χ1n) is 14.4. The van der Waals surface area contributed by atoms with Gasteiger partial charge < -0.3 is 9.80 Å². The molecule has 206 valence electrons. The van der Waals surface area contributed by atoms with E-state index in [1.54, 1.807) is 17.7 Å². The molecule has 5 rings (SSSR count). The van der Waals surface area contributed by atoms with E-state index in [9.17, 15) is 9.18 Å². The van der Waals surface area contributed by atoms with Crippen LogP contribution in [-0.2, 0) is 4.79 Å². The standard InChI is InChI=1S/C22H29FN6O.C5H12.C2H6/c1-15-12-29(26-25-15)21-20(9-18(23)11-24-21)17-4-7-27(8-5-17)19-3-6-22(10-19)13-28(14-22)16(2)30;1-3-5-4-2;1-2/h9,11-12,17,19H,3-8,10,13-14H2,1-2H3;3-5H2,1-2H3;1-2H3.